The van der Waals surface area contributed by atoms with E-state index in [2.05, 4.69) is 4.98 Å². The average Bonchev–Trinajstić information content (AvgIpc) is 2.61. The Morgan fingerprint density at radius 1 is 1.19 bits per heavy atom. The van der Waals surface area contributed by atoms with Crippen molar-refractivity contribution in [1.29, 1.82) is 0 Å². The van der Waals surface area contributed by atoms with E-state index in [1.807, 2.05) is 19.9 Å². The van der Waals surface area contributed by atoms with Crippen LogP contribution in [-0.4, -0.2) is 17.6 Å². The maximum absolute atomic E-state index is 11.8. The van der Waals surface area contributed by atoms with Gasteiger partial charge in [0, 0.05) is 29.8 Å². The number of carbonyl (C=O) groups excluding carboxylic acids is 1. The Morgan fingerprint density at radius 3 is 2.65 bits per heavy atom. The molecule has 0 radical (unpaired) electrons. The van der Waals surface area contributed by atoms with E-state index < -0.39 is 11.6 Å². The molecule has 0 N–H and O–H groups in total. The molecule has 0 unspecified atom stereocenters. The first kappa shape index (κ1) is 17.7. The molecular formula is C20H19NO5. The number of fused-ring (bicyclic) bond motifs is 1. The highest BCUT2D eigenvalue weighted by molar-refractivity contribution is 5.89. The van der Waals surface area contributed by atoms with Crippen molar-refractivity contribution in [3.05, 3.63) is 64.1 Å². The Balaban J connectivity index is 1.87. The maximum atomic E-state index is 11.8. The Labute approximate surface area is 150 Å². The number of nitrogens with zero attached hydrogens (tertiary/aromatic N) is 1. The number of hydrogen-bond acceptors (Lipinski definition) is 6. The molecule has 0 fully saturated rings. The first-order chi connectivity index (χ1) is 12.5. The van der Waals surface area contributed by atoms with Gasteiger partial charge in [-0.1, -0.05) is 13.8 Å². The van der Waals surface area contributed by atoms with Crippen molar-refractivity contribution in [3.8, 4) is 11.6 Å². The largest absolute Gasteiger partial charge is 0.462 e. The van der Waals surface area contributed by atoms with Crippen LogP contribution >= 0.6 is 0 Å². The number of ether oxygens (including phenoxy) is 2. The minimum atomic E-state index is -0.430. The second kappa shape index (κ2) is 7.39. The molecular weight excluding hydrogens is 334 g/mol. The Hall–Kier alpha value is -3.15. The summed E-state index contributed by atoms with van der Waals surface area (Å²) >= 11 is 0. The molecule has 2 heterocycles. The van der Waals surface area contributed by atoms with Gasteiger partial charge in [-0.05, 0) is 36.6 Å². The SMILES string of the molecule is CCOC(=O)c1ccc(Oc2ccc3c(C(C)C)cc(=O)oc3c2)nc1. The molecule has 1 aromatic carbocycles. The van der Waals surface area contributed by atoms with E-state index in [0.717, 1.165) is 10.9 Å². The first-order valence-electron chi connectivity index (χ1n) is 8.36. The Morgan fingerprint density at radius 2 is 2.00 bits per heavy atom. The third kappa shape index (κ3) is 3.74. The van der Waals surface area contributed by atoms with Gasteiger partial charge in [-0.3, -0.25) is 0 Å². The van der Waals surface area contributed by atoms with Gasteiger partial charge in [0.2, 0.25) is 5.88 Å². The van der Waals surface area contributed by atoms with Crippen molar-refractivity contribution in [1.82, 2.24) is 4.98 Å². The van der Waals surface area contributed by atoms with Crippen LogP contribution in [0.1, 0.15) is 42.6 Å². The average molecular weight is 353 g/mol. The van der Waals surface area contributed by atoms with E-state index in [0.29, 0.717) is 29.4 Å². The zero-order valence-electron chi connectivity index (χ0n) is 14.8. The summed E-state index contributed by atoms with van der Waals surface area (Å²) in [5, 5.41) is 0.873. The number of esters is 1. The molecule has 0 bridgehead atoms. The van der Waals surface area contributed by atoms with Crippen molar-refractivity contribution in [2.45, 2.75) is 26.7 Å². The van der Waals surface area contributed by atoms with Gasteiger partial charge < -0.3 is 13.9 Å². The third-order valence-corrected chi connectivity index (χ3v) is 3.84. The lowest BCUT2D eigenvalue weighted by molar-refractivity contribution is 0.0526. The summed E-state index contributed by atoms with van der Waals surface area (Å²) in [5.41, 5.74) is 1.35. The van der Waals surface area contributed by atoms with Gasteiger partial charge >= 0.3 is 11.6 Å². The molecule has 26 heavy (non-hydrogen) atoms. The van der Waals surface area contributed by atoms with Crippen molar-refractivity contribution in [2.24, 2.45) is 0 Å². The summed E-state index contributed by atoms with van der Waals surface area (Å²) in [6.45, 7) is 6.09. The van der Waals surface area contributed by atoms with Crippen LogP contribution in [0.15, 0.2) is 51.8 Å². The molecule has 0 aliphatic carbocycles. The van der Waals surface area contributed by atoms with Gasteiger partial charge in [-0.15, -0.1) is 0 Å². The summed E-state index contributed by atoms with van der Waals surface area (Å²) < 4.78 is 15.9. The van der Waals surface area contributed by atoms with Crippen LogP contribution < -0.4 is 10.4 Å². The molecule has 6 heteroatoms. The standard InChI is InChI=1S/C20H19NO5/c1-4-24-20(23)13-5-8-18(21-11-13)25-14-6-7-15-16(12(2)3)10-19(22)26-17(15)9-14/h5-12H,4H2,1-3H3. The summed E-state index contributed by atoms with van der Waals surface area (Å²) in [6.07, 6.45) is 1.39. The summed E-state index contributed by atoms with van der Waals surface area (Å²) in [4.78, 5) is 27.5. The predicted octanol–water partition coefficient (Wildman–Crippen LogP) is 4.28. The molecule has 3 rings (SSSR count). The number of benzene rings is 1. The van der Waals surface area contributed by atoms with E-state index in [9.17, 15) is 9.59 Å². The fourth-order valence-electron chi connectivity index (χ4n) is 2.61. The number of carbonyl (C=O) groups is 1. The molecule has 0 aliphatic rings. The van der Waals surface area contributed by atoms with Crippen molar-refractivity contribution in [2.75, 3.05) is 6.61 Å². The van der Waals surface area contributed by atoms with Crippen LogP contribution in [0.4, 0.5) is 0 Å². The minimum Gasteiger partial charge on any atom is -0.462 e. The smallest absolute Gasteiger partial charge is 0.339 e. The molecule has 3 aromatic rings. The van der Waals surface area contributed by atoms with Crippen molar-refractivity contribution in [3.63, 3.8) is 0 Å². The topological polar surface area (TPSA) is 78.6 Å². The quantitative estimate of drug-likeness (QED) is 0.503. The Kier molecular flexibility index (Phi) is 5.02. The second-order valence-corrected chi connectivity index (χ2v) is 6.04. The van der Waals surface area contributed by atoms with Crippen molar-refractivity contribution < 1.29 is 18.7 Å². The Bertz CT molecular complexity index is 989. The van der Waals surface area contributed by atoms with Gasteiger partial charge in [0.25, 0.3) is 0 Å². The highest BCUT2D eigenvalue weighted by Gasteiger charge is 2.11. The molecule has 0 saturated heterocycles. The molecule has 6 nitrogen and oxygen atoms in total. The minimum absolute atomic E-state index is 0.199. The second-order valence-electron chi connectivity index (χ2n) is 6.04. The monoisotopic (exact) mass is 353 g/mol. The lowest BCUT2D eigenvalue weighted by Gasteiger charge is -2.10. The van der Waals surface area contributed by atoms with Gasteiger partial charge in [0.05, 0.1) is 12.2 Å². The van der Waals surface area contributed by atoms with Gasteiger partial charge in [-0.25, -0.2) is 14.6 Å². The van der Waals surface area contributed by atoms with Gasteiger partial charge in [-0.2, -0.15) is 0 Å². The fraction of sp³-hybridized carbons (Fsp3) is 0.250. The summed E-state index contributed by atoms with van der Waals surface area (Å²) in [6, 6.07) is 9.98. The van der Waals surface area contributed by atoms with Crippen LogP contribution in [0.5, 0.6) is 11.6 Å². The molecule has 0 atom stereocenters. The number of aromatic nitrogens is 1. The zero-order chi connectivity index (χ0) is 18.7. The zero-order valence-corrected chi connectivity index (χ0v) is 14.8. The van der Waals surface area contributed by atoms with Crippen molar-refractivity contribution >= 4 is 16.9 Å². The molecule has 2 aromatic heterocycles. The van der Waals surface area contributed by atoms with Gasteiger partial charge in [0.15, 0.2) is 0 Å². The van der Waals surface area contributed by atoms with Crippen LogP contribution in [0, 0.1) is 0 Å². The van der Waals surface area contributed by atoms with Crippen LogP contribution in [0.25, 0.3) is 11.0 Å². The fourth-order valence-corrected chi connectivity index (χ4v) is 2.61. The summed E-state index contributed by atoms with van der Waals surface area (Å²) in [7, 11) is 0. The van der Waals surface area contributed by atoms with E-state index in [1.54, 1.807) is 31.2 Å². The number of pyridine rings is 1. The van der Waals surface area contributed by atoms with Crippen LogP contribution in [0.2, 0.25) is 0 Å². The third-order valence-electron chi connectivity index (χ3n) is 3.84. The van der Waals surface area contributed by atoms with E-state index >= 15 is 0 Å². The molecule has 0 saturated carbocycles. The highest BCUT2D eigenvalue weighted by atomic mass is 16.5. The van der Waals surface area contributed by atoms with E-state index in [4.69, 9.17) is 13.9 Å². The van der Waals surface area contributed by atoms with E-state index in [1.165, 1.54) is 12.3 Å². The van der Waals surface area contributed by atoms with Crippen LogP contribution in [0.3, 0.4) is 0 Å². The molecule has 134 valence electrons. The maximum Gasteiger partial charge on any atom is 0.339 e. The summed E-state index contributed by atoms with van der Waals surface area (Å²) in [5.74, 6) is 0.573. The number of hydrogen-bond donors (Lipinski definition) is 0. The van der Waals surface area contributed by atoms with E-state index in [-0.39, 0.29) is 5.92 Å². The highest BCUT2D eigenvalue weighted by Crippen LogP contribution is 2.28. The lowest BCUT2D eigenvalue weighted by Crippen LogP contribution is -2.05. The lowest BCUT2D eigenvalue weighted by atomic mass is 10.00. The number of rotatable bonds is 5. The molecule has 0 amide bonds. The molecule has 0 aliphatic heterocycles. The molecule has 0 spiro atoms. The van der Waals surface area contributed by atoms with Crippen LogP contribution in [-0.2, 0) is 4.74 Å². The predicted molar refractivity (Wildman–Crippen MR) is 96.8 cm³/mol. The van der Waals surface area contributed by atoms with Gasteiger partial charge in [0.1, 0.15) is 11.3 Å². The first-order valence-corrected chi connectivity index (χ1v) is 8.36. The normalized spacial score (nSPS) is 10.9.